The zero-order chi connectivity index (χ0) is 13.7. The normalized spacial score (nSPS) is 10.5. The summed E-state index contributed by atoms with van der Waals surface area (Å²) in [7, 11) is 0. The van der Waals surface area contributed by atoms with E-state index in [1.807, 2.05) is 24.3 Å². The molecule has 19 heavy (non-hydrogen) atoms. The van der Waals surface area contributed by atoms with Crippen LogP contribution in [0.5, 0.6) is 5.75 Å². The molecule has 0 heterocycles. The van der Waals surface area contributed by atoms with E-state index in [1.54, 1.807) is 12.1 Å². The van der Waals surface area contributed by atoms with E-state index < -0.39 is 0 Å². The number of halogens is 2. The Hall–Kier alpha value is -1.39. The molecule has 0 saturated heterocycles. The van der Waals surface area contributed by atoms with E-state index in [0.29, 0.717) is 23.4 Å². The van der Waals surface area contributed by atoms with Crippen LogP contribution in [0.1, 0.15) is 11.1 Å². The van der Waals surface area contributed by atoms with Gasteiger partial charge < -0.3 is 10.5 Å². The Labute approximate surface area is 120 Å². The van der Waals surface area contributed by atoms with Crippen LogP contribution in [-0.4, -0.2) is 6.54 Å². The first kappa shape index (κ1) is 14.0. The number of rotatable bonds is 5. The predicted molar refractivity (Wildman–Crippen MR) is 77.6 cm³/mol. The average Bonchev–Trinajstić information content (AvgIpc) is 2.42. The minimum Gasteiger partial charge on any atom is -0.489 e. The number of ether oxygens (including phenoxy) is 1. The number of hydrogen-bond acceptors (Lipinski definition) is 2. The van der Waals surface area contributed by atoms with Gasteiger partial charge in [-0.1, -0.05) is 24.3 Å². The summed E-state index contributed by atoms with van der Waals surface area (Å²) in [5, 5.41) is 0. The van der Waals surface area contributed by atoms with Gasteiger partial charge in [-0.15, -0.1) is 0 Å². The maximum atomic E-state index is 13.4. The van der Waals surface area contributed by atoms with Crippen molar-refractivity contribution in [2.24, 2.45) is 5.73 Å². The Balaban J connectivity index is 2.07. The molecule has 0 aliphatic carbocycles. The minimum atomic E-state index is -0.326. The van der Waals surface area contributed by atoms with Gasteiger partial charge in [-0.25, -0.2) is 4.39 Å². The molecular weight excluding hydrogens is 309 g/mol. The second kappa shape index (κ2) is 6.68. The van der Waals surface area contributed by atoms with Crippen molar-refractivity contribution in [3.8, 4) is 5.75 Å². The smallest absolute Gasteiger partial charge is 0.141 e. The van der Waals surface area contributed by atoms with E-state index >= 15 is 0 Å². The third-order valence-corrected chi connectivity index (χ3v) is 3.46. The average molecular weight is 324 g/mol. The first-order chi connectivity index (χ1) is 9.20. The molecule has 4 heteroatoms. The molecule has 2 nitrogen and oxygen atoms in total. The molecule has 100 valence electrons. The lowest BCUT2D eigenvalue weighted by Crippen LogP contribution is -2.07. The highest BCUT2D eigenvalue weighted by Crippen LogP contribution is 2.22. The Kier molecular flexibility index (Phi) is 4.93. The summed E-state index contributed by atoms with van der Waals surface area (Å²) < 4.78 is 19.4. The maximum Gasteiger partial charge on any atom is 0.141 e. The first-order valence-electron chi connectivity index (χ1n) is 6.05. The zero-order valence-corrected chi connectivity index (χ0v) is 12.0. The van der Waals surface area contributed by atoms with Crippen LogP contribution in [0.25, 0.3) is 0 Å². The Bertz CT molecular complexity index is 560. The van der Waals surface area contributed by atoms with Gasteiger partial charge in [0.2, 0.25) is 0 Å². The molecule has 0 aromatic heterocycles. The largest absolute Gasteiger partial charge is 0.489 e. The number of benzene rings is 2. The fraction of sp³-hybridized carbons (Fsp3) is 0.200. The van der Waals surface area contributed by atoms with Gasteiger partial charge in [-0.05, 0) is 52.2 Å². The van der Waals surface area contributed by atoms with Crippen LogP contribution < -0.4 is 10.5 Å². The van der Waals surface area contributed by atoms with Crippen molar-refractivity contribution in [2.45, 2.75) is 13.0 Å². The van der Waals surface area contributed by atoms with Crippen molar-refractivity contribution >= 4 is 15.9 Å². The molecule has 0 amide bonds. The van der Waals surface area contributed by atoms with E-state index in [0.717, 1.165) is 12.0 Å². The Morgan fingerprint density at radius 1 is 1.11 bits per heavy atom. The second-order valence-electron chi connectivity index (χ2n) is 4.17. The van der Waals surface area contributed by atoms with E-state index in [4.69, 9.17) is 10.5 Å². The van der Waals surface area contributed by atoms with Crippen LogP contribution in [0.4, 0.5) is 4.39 Å². The van der Waals surface area contributed by atoms with Crippen molar-refractivity contribution in [1.29, 1.82) is 0 Å². The number of hydrogen-bond donors (Lipinski definition) is 1. The fourth-order valence-corrected chi connectivity index (χ4v) is 2.07. The van der Waals surface area contributed by atoms with E-state index in [2.05, 4.69) is 15.9 Å². The highest BCUT2D eigenvalue weighted by Gasteiger charge is 2.04. The second-order valence-corrected chi connectivity index (χ2v) is 5.03. The molecule has 0 atom stereocenters. The van der Waals surface area contributed by atoms with Crippen LogP contribution in [0.15, 0.2) is 46.9 Å². The van der Waals surface area contributed by atoms with E-state index in [9.17, 15) is 4.39 Å². The monoisotopic (exact) mass is 323 g/mol. The molecule has 2 rings (SSSR count). The Morgan fingerprint density at radius 2 is 1.84 bits per heavy atom. The summed E-state index contributed by atoms with van der Waals surface area (Å²) in [6, 6.07) is 12.7. The quantitative estimate of drug-likeness (QED) is 0.911. The van der Waals surface area contributed by atoms with Gasteiger partial charge in [0.25, 0.3) is 0 Å². The lowest BCUT2D eigenvalue weighted by molar-refractivity contribution is 0.303. The molecule has 0 fully saturated rings. The lowest BCUT2D eigenvalue weighted by Gasteiger charge is -2.10. The molecule has 0 spiro atoms. The first-order valence-corrected chi connectivity index (χ1v) is 6.84. The van der Waals surface area contributed by atoms with Crippen molar-refractivity contribution < 1.29 is 9.13 Å². The number of nitrogens with two attached hydrogens (primary N) is 1. The van der Waals surface area contributed by atoms with Crippen LogP contribution in [0.2, 0.25) is 0 Å². The van der Waals surface area contributed by atoms with Crippen molar-refractivity contribution in [2.75, 3.05) is 6.54 Å². The van der Waals surface area contributed by atoms with Gasteiger partial charge in [0, 0.05) is 6.07 Å². The standard InChI is InChI=1S/C15H15BrFNO/c16-14-6-5-13(9-15(14)17)19-10-12-4-2-1-3-11(12)7-8-18/h1-6,9H,7-8,10,18H2. The summed E-state index contributed by atoms with van der Waals surface area (Å²) >= 11 is 3.11. The van der Waals surface area contributed by atoms with Gasteiger partial charge in [0.05, 0.1) is 4.47 Å². The summed E-state index contributed by atoms with van der Waals surface area (Å²) in [6.45, 7) is 1.02. The SMILES string of the molecule is NCCc1ccccc1COc1ccc(Br)c(F)c1. The molecular formula is C15H15BrFNO. The van der Waals surface area contributed by atoms with Crippen molar-refractivity contribution in [3.63, 3.8) is 0 Å². The molecule has 2 aromatic carbocycles. The summed E-state index contributed by atoms with van der Waals surface area (Å²) in [6.07, 6.45) is 0.814. The topological polar surface area (TPSA) is 35.2 Å². The van der Waals surface area contributed by atoms with Crippen LogP contribution in [0, 0.1) is 5.82 Å². The summed E-state index contributed by atoms with van der Waals surface area (Å²) in [5.41, 5.74) is 7.83. The molecule has 0 bridgehead atoms. The van der Waals surface area contributed by atoms with Gasteiger partial charge in [0.15, 0.2) is 0 Å². The molecule has 0 aliphatic rings. The van der Waals surface area contributed by atoms with E-state index in [-0.39, 0.29) is 5.82 Å². The fourth-order valence-electron chi connectivity index (χ4n) is 1.83. The molecule has 0 aliphatic heterocycles. The predicted octanol–water partition coefficient (Wildman–Crippen LogP) is 3.67. The minimum absolute atomic E-state index is 0.326. The molecule has 0 radical (unpaired) electrons. The van der Waals surface area contributed by atoms with Gasteiger partial charge in [-0.2, -0.15) is 0 Å². The van der Waals surface area contributed by atoms with Gasteiger partial charge >= 0.3 is 0 Å². The van der Waals surface area contributed by atoms with Crippen molar-refractivity contribution in [3.05, 3.63) is 63.9 Å². The molecule has 0 unspecified atom stereocenters. The Morgan fingerprint density at radius 3 is 2.53 bits per heavy atom. The van der Waals surface area contributed by atoms with Crippen LogP contribution in [-0.2, 0) is 13.0 Å². The third kappa shape index (κ3) is 3.78. The van der Waals surface area contributed by atoms with Crippen molar-refractivity contribution in [1.82, 2.24) is 0 Å². The van der Waals surface area contributed by atoms with Crippen LogP contribution in [0.3, 0.4) is 0 Å². The van der Waals surface area contributed by atoms with Gasteiger partial charge in [0.1, 0.15) is 18.2 Å². The van der Waals surface area contributed by atoms with Gasteiger partial charge in [-0.3, -0.25) is 0 Å². The maximum absolute atomic E-state index is 13.4. The summed E-state index contributed by atoms with van der Waals surface area (Å²) in [4.78, 5) is 0. The highest BCUT2D eigenvalue weighted by molar-refractivity contribution is 9.10. The van der Waals surface area contributed by atoms with Crippen LogP contribution >= 0.6 is 15.9 Å². The zero-order valence-electron chi connectivity index (χ0n) is 10.4. The molecule has 0 saturated carbocycles. The summed E-state index contributed by atoms with van der Waals surface area (Å²) in [5.74, 6) is 0.191. The molecule has 2 N–H and O–H groups in total. The van der Waals surface area contributed by atoms with E-state index in [1.165, 1.54) is 11.6 Å². The highest BCUT2D eigenvalue weighted by atomic mass is 79.9. The molecule has 2 aromatic rings. The third-order valence-electron chi connectivity index (χ3n) is 2.82. The lowest BCUT2D eigenvalue weighted by atomic mass is 10.1.